The standard InChI is InChI=1S/C16H26N2O2/c1-11-7-6-8-13(9-11)14(10-12(2)17)18-15(19)20-16(3,4)5/h6-9,12,14H,10,17H2,1-5H3,(H,18,19). The largest absolute Gasteiger partial charge is 0.444 e. The molecule has 0 aromatic heterocycles. The SMILES string of the molecule is Cc1cccc(C(CC(C)N)NC(=O)OC(C)(C)C)c1. The van der Waals surface area contributed by atoms with Crippen molar-refractivity contribution >= 4 is 6.09 Å². The van der Waals surface area contributed by atoms with Gasteiger partial charge in [0, 0.05) is 6.04 Å². The molecular formula is C16H26N2O2. The van der Waals surface area contributed by atoms with Gasteiger partial charge in [0.15, 0.2) is 0 Å². The van der Waals surface area contributed by atoms with Crippen LogP contribution in [-0.2, 0) is 4.74 Å². The van der Waals surface area contributed by atoms with E-state index in [9.17, 15) is 4.79 Å². The van der Waals surface area contributed by atoms with E-state index in [-0.39, 0.29) is 12.1 Å². The Labute approximate surface area is 121 Å². The Bertz CT molecular complexity index is 450. The first kappa shape index (κ1) is 16.5. The molecule has 3 N–H and O–H groups in total. The zero-order valence-electron chi connectivity index (χ0n) is 13.1. The Kier molecular flexibility index (Phi) is 5.57. The fraction of sp³-hybridized carbons (Fsp3) is 0.562. The highest BCUT2D eigenvalue weighted by atomic mass is 16.6. The van der Waals surface area contributed by atoms with E-state index in [1.54, 1.807) is 0 Å². The molecule has 0 spiro atoms. The predicted molar refractivity (Wildman–Crippen MR) is 81.6 cm³/mol. The van der Waals surface area contributed by atoms with Crippen molar-refractivity contribution in [2.24, 2.45) is 5.73 Å². The molecule has 0 radical (unpaired) electrons. The molecule has 0 saturated heterocycles. The molecule has 1 aromatic rings. The lowest BCUT2D eigenvalue weighted by molar-refractivity contribution is 0.0500. The first-order valence-corrected chi connectivity index (χ1v) is 6.99. The van der Waals surface area contributed by atoms with E-state index in [0.29, 0.717) is 6.42 Å². The minimum atomic E-state index is -0.504. The number of nitrogens with one attached hydrogen (secondary N) is 1. The maximum absolute atomic E-state index is 11.9. The lowest BCUT2D eigenvalue weighted by Gasteiger charge is -2.25. The highest BCUT2D eigenvalue weighted by Crippen LogP contribution is 2.20. The smallest absolute Gasteiger partial charge is 0.408 e. The number of ether oxygens (including phenoxy) is 1. The van der Waals surface area contributed by atoms with Gasteiger partial charge in [-0.05, 0) is 46.6 Å². The third-order valence-electron chi connectivity index (χ3n) is 2.74. The number of hydrogen-bond donors (Lipinski definition) is 2. The van der Waals surface area contributed by atoms with Crippen LogP contribution in [0.2, 0.25) is 0 Å². The second kappa shape index (κ2) is 6.75. The van der Waals surface area contributed by atoms with Gasteiger partial charge < -0.3 is 15.8 Å². The van der Waals surface area contributed by atoms with Crippen LogP contribution in [-0.4, -0.2) is 17.7 Å². The second-order valence-electron chi connectivity index (χ2n) is 6.33. The van der Waals surface area contributed by atoms with Crippen molar-refractivity contribution in [3.63, 3.8) is 0 Å². The maximum atomic E-state index is 11.9. The Morgan fingerprint density at radius 2 is 2.05 bits per heavy atom. The molecule has 2 atom stereocenters. The molecule has 0 aliphatic heterocycles. The number of amides is 1. The van der Waals surface area contributed by atoms with Crippen molar-refractivity contribution in [2.45, 2.75) is 58.7 Å². The molecule has 0 aliphatic rings. The van der Waals surface area contributed by atoms with Crippen LogP contribution in [0.25, 0.3) is 0 Å². The minimum absolute atomic E-state index is 0.00421. The van der Waals surface area contributed by atoms with Crippen LogP contribution >= 0.6 is 0 Å². The van der Waals surface area contributed by atoms with Gasteiger partial charge in [-0.2, -0.15) is 0 Å². The van der Waals surface area contributed by atoms with Gasteiger partial charge >= 0.3 is 6.09 Å². The van der Waals surface area contributed by atoms with Gasteiger partial charge in [-0.1, -0.05) is 29.8 Å². The summed E-state index contributed by atoms with van der Waals surface area (Å²) in [7, 11) is 0. The summed E-state index contributed by atoms with van der Waals surface area (Å²) >= 11 is 0. The fourth-order valence-corrected chi connectivity index (χ4v) is 1.99. The second-order valence-corrected chi connectivity index (χ2v) is 6.33. The van der Waals surface area contributed by atoms with Crippen molar-refractivity contribution in [1.82, 2.24) is 5.32 Å². The molecule has 1 rings (SSSR count). The summed E-state index contributed by atoms with van der Waals surface area (Å²) in [5.74, 6) is 0. The van der Waals surface area contributed by atoms with Gasteiger partial charge in [0.1, 0.15) is 5.60 Å². The van der Waals surface area contributed by atoms with Gasteiger partial charge in [0.05, 0.1) is 6.04 Å². The number of aryl methyl sites for hydroxylation is 1. The van der Waals surface area contributed by atoms with Gasteiger partial charge in [-0.25, -0.2) is 4.79 Å². The number of benzene rings is 1. The lowest BCUT2D eigenvalue weighted by Crippen LogP contribution is -2.37. The Balaban J connectivity index is 2.82. The summed E-state index contributed by atoms with van der Waals surface area (Å²) < 4.78 is 5.31. The van der Waals surface area contributed by atoms with Gasteiger partial charge in [0.25, 0.3) is 0 Å². The molecule has 0 saturated carbocycles. The van der Waals surface area contributed by atoms with Crippen LogP contribution in [0.5, 0.6) is 0 Å². The summed E-state index contributed by atoms with van der Waals surface area (Å²) in [6, 6.07) is 7.93. The van der Waals surface area contributed by atoms with Crippen molar-refractivity contribution in [3.05, 3.63) is 35.4 Å². The predicted octanol–water partition coefficient (Wildman–Crippen LogP) is 3.30. The van der Waals surface area contributed by atoms with E-state index in [1.807, 2.05) is 52.8 Å². The van der Waals surface area contributed by atoms with Crippen LogP contribution in [0.15, 0.2) is 24.3 Å². The number of nitrogens with two attached hydrogens (primary N) is 1. The van der Waals surface area contributed by atoms with Crippen molar-refractivity contribution in [2.75, 3.05) is 0 Å². The van der Waals surface area contributed by atoms with Crippen LogP contribution in [0.3, 0.4) is 0 Å². The highest BCUT2D eigenvalue weighted by Gasteiger charge is 2.21. The van der Waals surface area contributed by atoms with E-state index >= 15 is 0 Å². The van der Waals surface area contributed by atoms with Crippen molar-refractivity contribution < 1.29 is 9.53 Å². The molecular weight excluding hydrogens is 252 g/mol. The van der Waals surface area contributed by atoms with E-state index < -0.39 is 11.7 Å². The molecule has 4 heteroatoms. The lowest BCUT2D eigenvalue weighted by atomic mass is 9.99. The van der Waals surface area contributed by atoms with E-state index in [2.05, 4.69) is 11.4 Å². The monoisotopic (exact) mass is 278 g/mol. The Morgan fingerprint density at radius 3 is 2.55 bits per heavy atom. The number of rotatable bonds is 4. The van der Waals surface area contributed by atoms with E-state index in [4.69, 9.17) is 10.5 Å². The zero-order valence-corrected chi connectivity index (χ0v) is 13.1. The zero-order chi connectivity index (χ0) is 15.3. The summed E-state index contributed by atoms with van der Waals surface area (Å²) in [5, 5.41) is 2.91. The van der Waals surface area contributed by atoms with Gasteiger partial charge in [0.2, 0.25) is 0 Å². The molecule has 1 aromatic carbocycles. The summed E-state index contributed by atoms with van der Waals surface area (Å²) in [6.45, 7) is 9.50. The summed E-state index contributed by atoms with van der Waals surface area (Å²) in [6.07, 6.45) is 0.257. The molecule has 0 aliphatic carbocycles. The van der Waals surface area contributed by atoms with Crippen LogP contribution in [0, 0.1) is 6.92 Å². The average Bonchev–Trinajstić information content (AvgIpc) is 2.24. The number of carbonyl (C=O) groups excluding carboxylic acids is 1. The van der Waals surface area contributed by atoms with Crippen LogP contribution < -0.4 is 11.1 Å². The van der Waals surface area contributed by atoms with Crippen LogP contribution in [0.1, 0.15) is 51.3 Å². The average molecular weight is 278 g/mol. The normalized spacial score (nSPS) is 14.5. The van der Waals surface area contributed by atoms with Gasteiger partial charge in [-0.15, -0.1) is 0 Å². The Morgan fingerprint density at radius 1 is 1.40 bits per heavy atom. The molecule has 0 bridgehead atoms. The molecule has 1 amide bonds. The van der Waals surface area contributed by atoms with Crippen LogP contribution in [0.4, 0.5) is 4.79 Å². The third kappa shape index (κ3) is 6.06. The third-order valence-corrected chi connectivity index (χ3v) is 2.74. The first-order valence-electron chi connectivity index (χ1n) is 6.99. The Hall–Kier alpha value is -1.55. The first-order chi connectivity index (χ1) is 9.17. The van der Waals surface area contributed by atoms with E-state index in [0.717, 1.165) is 11.1 Å². The number of hydrogen-bond acceptors (Lipinski definition) is 3. The van der Waals surface area contributed by atoms with E-state index in [1.165, 1.54) is 0 Å². The number of carbonyl (C=O) groups is 1. The van der Waals surface area contributed by atoms with Crippen molar-refractivity contribution in [1.29, 1.82) is 0 Å². The molecule has 0 heterocycles. The quantitative estimate of drug-likeness (QED) is 0.888. The number of alkyl carbamates (subject to hydrolysis) is 1. The molecule has 112 valence electrons. The molecule has 0 fully saturated rings. The molecule has 4 nitrogen and oxygen atoms in total. The maximum Gasteiger partial charge on any atom is 0.408 e. The summed E-state index contributed by atoms with van der Waals surface area (Å²) in [5.41, 5.74) is 7.58. The van der Waals surface area contributed by atoms with Crippen molar-refractivity contribution in [3.8, 4) is 0 Å². The van der Waals surface area contributed by atoms with Gasteiger partial charge in [-0.3, -0.25) is 0 Å². The topological polar surface area (TPSA) is 64.3 Å². The molecule has 2 unspecified atom stereocenters. The summed E-state index contributed by atoms with van der Waals surface area (Å²) in [4.78, 5) is 11.9. The minimum Gasteiger partial charge on any atom is -0.444 e. The fourth-order valence-electron chi connectivity index (χ4n) is 1.99. The molecule has 20 heavy (non-hydrogen) atoms. The highest BCUT2D eigenvalue weighted by molar-refractivity contribution is 5.68.